The number of benzene rings is 3. The molecule has 3 atom stereocenters. The molecule has 1 amide bonds. The van der Waals surface area contributed by atoms with E-state index in [-0.39, 0.29) is 25.4 Å². The van der Waals surface area contributed by atoms with Gasteiger partial charge in [0.2, 0.25) is 0 Å². The summed E-state index contributed by atoms with van der Waals surface area (Å²) in [6.45, 7) is 7.31. The van der Waals surface area contributed by atoms with Crippen molar-refractivity contribution in [1.29, 1.82) is 0 Å². The minimum atomic E-state index is -0.470. The topological polar surface area (TPSA) is 80.3 Å². The van der Waals surface area contributed by atoms with E-state index in [0.717, 1.165) is 59.4 Å². The van der Waals surface area contributed by atoms with Crippen LogP contribution in [0, 0.1) is 0 Å². The number of rotatable bonds is 10. The summed E-state index contributed by atoms with van der Waals surface area (Å²) in [4.78, 5) is 14.4. The third kappa shape index (κ3) is 9.00. The van der Waals surface area contributed by atoms with Gasteiger partial charge in [-0.2, -0.15) is 0 Å². The zero-order valence-corrected chi connectivity index (χ0v) is 25.0. The SMILES string of the molecule is C=CCOC(=O)NCc1cccc(-c2ccc([C@H]3O[C@@H](CN4CCCCCCC4)C[C@@H](c4ccc(CO)cc4)O3)cc2)c1. The predicted octanol–water partition coefficient (Wildman–Crippen LogP) is 7.07. The standard InChI is InChI=1S/C36H44N2O5/c1-2-21-41-36(40)37-24-28-9-8-10-32(22-28)29-15-17-31(18-16-29)35-42-33(25-38-19-6-4-3-5-7-20-38)23-34(43-35)30-13-11-27(26-39)12-14-30/h2,8-18,22,33-35,39H,1,3-7,19-21,23-26H2,(H,37,40)/t33-,34+,35+/m1/s1. The van der Waals surface area contributed by atoms with Crippen molar-refractivity contribution in [3.05, 3.63) is 108 Å². The molecule has 2 N–H and O–H groups in total. The molecule has 7 nitrogen and oxygen atoms in total. The molecule has 0 aliphatic carbocycles. The van der Waals surface area contributed by atoms with Crippen LogP contribution in [0.2, 0.25) is 0 Å². The van der Waals surface area contributed by atoms with E-state index in [0.29, 0.717) is 6.54 Å². The molecule has 0 spiro atoms. The third-order valence-electron chi connectivity index (χ3n) is 8.24. The summed E-state index contributed by atoms with van der Waals surface area (Å²) in [7, 11) is 0. The van der Waals surface area contributed by atoms with Gasteiger partial charge in [0.15, 0.2) is 6.29 Å². The monoisotopic (exact) mass is 584 g/mol. The summed E-state index contributed by atoms with van der Waals surface area (Å²) in [5, 5.41) is 12.3. The number of aliphatic hydroxyl groups excluding tert-OH is 1. The molecule has 228 valence electrons. The van der Waals surface area contributed by atoms with Gasteiger partial charge >= 0.3 is 6.09 Å². The highest BCUT2D eigenvalue weighted by Crippen LogP contribution is 2.39. The van der Waals surface area contributed by atoms with E-state index in [1.807, 2.05) is 24.3 Å². The maximum atomic E-state index is 11.8. The molecule has 0 radical (unpaired) electrons. The number of hydrogen-bond acceptors (Lipinski definition) is 6. The van der Waals surface area contributed by atoms with Crippen LogP contribution in [-0.4, -0.2) is 48.4 Å². The second-order valence-corrected chi connectivity index (χ2v) is 11.5. The maximum Gasteiger partial charge on any atom is 0.407 e. The zero-order chi connectivity index (χ0) is 29.9. The molecule has 5 rings (SSSR count). The molecule has 2 heterocycles. The smallest absolute Gasteiger partial charge is 0.407 e. The van der Waals surface area contributed by atoms with Gasteiger partial charge in [-0.05, 0) is 59.8 Å². The van der Waals surface area contributed by atoms with Gasteiger partial charge in [0.1, 0.15) is 6.61 Å². The quantitative estimate of drug-likeness (QED) is 0.248. The zero-order valence-electron chi connectivity index (χ0n) is 25.0. The summed E-state index contributed by atoms with van der Waals surface area (Å²) < 4.78 is 18.2. The summed E-state index contributed by atoms with van der Waals surface area (Å²) in [6.07, 6.45) is 7.83. The van der Waals surface area contributed by atoms with E-state index in [9.17, 15) is 9.90 Å². The first-order valence-corrected chi connectivity index (χ1v) is 15.5. The van der Waals surface area contributed by atoms with Gasteiger partial charge in [0.05, 0.1) is 18.8 Å². The Morgan fingerprint density at radius 2 is 1.63 bits per heavy atom. The van der Waals surface area contributed by atoms with Crippen molar-refractivity contribution < 1.29 is 24.1 Å². The normalized spacial score (nSPS) is 21.4. The van der Waals surface area contributed by atoms with Gasteiger partial charge in [0, 0.05) is 25.1 Å². The molecule has 0 saturated carbocycles. The number of hydrogen-bond donors (Lipinski definition) is 2. The van der Waals surface area contributed by atoms with Crippen LogP contribution in [0.25, 0.3) is 11.1 Å². The number of aliphatic hydroxyl groups is 1. The van der Waals surface area contributed by atoms with Gasteiger partial charge < -0.3 is 29.5 Å². The van der Waals surface area contributed by atoms with Crippen molar-refractivity contribution in [3.63, 3.8) is 0 Å². The first-order chi connectivity index (χ1) is 21.1. The molecule has 3 aromatic carbocycles. The predicted molar refractivity (Wildman–Crippen MR) is 168 cm³/mol. The molecule has 2 saturated heterocycles. The fourth-order valence-electron chi connectivity index (χ4n) is 5.87. The molecule has 2 aliphatic heterocycles. The van der Waals surface area contributed by atoms with Crippen molar-refractivity contribution in [3.8, 4) is 11.1 Å². The Balaban J connectivity index is 1.29. The minimum absolute atomic E-state index is 0.0309. The van der Waals surface area contributed by atoms with Crippen LogP contribution in [0.5, 0.6) is 0 Å². The Morgan fingerprint density at radius 1 is 0.907 bits per heavy atom. The molecule has 0 aromatic heterocycles. The highest BCUT2D eigenvalue weighted by atomic mass is 16.7. The van der Waals surface area contributed by atoms with Gasteiger partial charge in [-0.25, -0.2) is 4.79 Å². The van der Waals surface area contributed by atoms with E-state index < -0.39 is 12.4 Å². The number of likely N-dealkylation sites (tertiary alicyclic amines) is 1. The minimum Gasteiger partial charge on any atom is -0.445 e. The van der Waals surface area contributed by atoms with Crippen LogP contribution in [0.1, 0.15) is 73.2 Å². The highest BCUT2D eigenvalue weighted by Gasteiger charge is 2.33. The number of carbonyl (C=O) groups is 1. The molecule has 3 aromatic rings. The average Bonchev–Trinajstić information content (AvgIpc) is 3.04. The van der Waals surface area contributed by atoms with E-state index >= 15 is 0 Å². The van der Waals surface area contributed by atoms with E-state index in [4.69, 9.17) is 14.2 Å². The summed E-state index contributed by atoms with van der Waals surface area (Å²) in [5.74, 6) is 0. The molecule has 0 unspecified atom stereocenters. The molecule has 43 heavy (non-hydrogen) atoms. The second kappa shape index (κ2) is 15.8. The Morgan fingerprint density at radius 3 is 2.35 bits per heavy atom. The second-order valence-electron chi connectivity index (χ2n) is 11.5. The van der Waals surface area contributed by atoms with Crippen molar-refractivity contribution in [2.24, 2.45) is 0 Å². The lowest BCUT2D eigenvalue weighted by atomic mass is 9.98. The first kappa shape index (κ1) is 31.0. The Labute approximate surface area is 255 Å². The molecular weight excluding hydrogens is 540 g/mol. The van der Waals surface area contributed by atoms with Crippen LogP contribution in [0.15, 0.2) is 85.5 Å². The molecular formula is C36H44N2O5. The van der Waals surface area contributed by atoms with E-state index in [1.165, 1.54) is 32.1 Å². The number of alkyl carbamates (subject to hydrolysis) is 1. The average molecular weight is 585 g/mol. The summed E-state index contributed by atoms with van der Waals surface area (Å²) in [6, 6.07) is 24.5. The lowest BCUT2D eigenvalue weighted by Gasteiger charge is -2.38. The van der Waals surface area contributed by atoms with Crippen LogP contribution < -0.4 is 5.32 Å². The van der Waals surface area contributed by atoms with E-state index in [2.05, 4.69) is 65.3 Å². The van der Waals surface area contributed by atoms with Gasteiger partial charge in [0.25, 0.3) is 0 Å². The first-order valence-electron chi connectivity index (χ1n) is 15.5. The summed E-state index contributed by atoms with van der Waals surface area (Å²) >= 11 is 0. The molecule has 2 fully saturated rings. The van der Waals surface area contributed by atoms with E-state index in [1.54, 1.807) is 6.08 Å². The van der Waals surface area contributed by atoms with Gasteiger partial charge in [-0.3, -0.25) is 0 Å². The largest absolute Gasteiger partial charge is 0.445 e. The number of nitrogens with one attached hydrogen (secondary N) is 1. The maximum absolute atomic E-state index is 11.8. The fraction of sp³-hybridized carbons (Fsp3) is 0.417. The van der Waals surface area contributed by atoms with Crippen molar-refractivity contribution in [1.82, 2.24) is 10.2 Å². The Hall–Kier alpha value is -3.49. The Bertz CT molecular complexity index is 1300. The lowest BCUT2D eigenvalue weighted by molar-refractivity contribution is -0.253. The number of nitrogens with zero attached hydrogens (tertiary/aromatic N) is 1. The van der Waals surface area contributed by atoms with Crippen LogP contribution in [0.4, 0.5) is 4.79 Å². The van der Waals surface area contributed by atoms with Crippen molar-refractivity contribution >= 4 is 6.09 Å². The van der Waals surface area contributed by atoms with Crippen molar-refractivity contribution in [2.45, 2.75) is 70.2 Å². The van der Waals surface area contributed by atoms with Crippen LogP contribution in [-0.2, 0) is 27.4 Å². The summed E-state index contributed by atoms with van der Waals surface area (Å²) in [5.41, 5.74) is 6.11. The Kier molecular flexibility index (Phi) is 11.4. The molecule has 0 bridgehead atoms. The number of amides is 1. The van der Waals surface area contributed by atoms with Gasteiger partial charge in [-0.1, -0.05) is 98.6 Å². The lowest BCUT2D eigenvalue weighted by Crippen LogP contribution is -2.40. The van der Waals surface area contributed by atoms with Crippen LogP contribution in [0.3, 0.4) is 0 Å². The molecule has 7 heteroatoms. The van der Waals surface area contributed by atoms with Gasteiger partial charge in [-0.15, -0.1) is 0 Å². The number of ether oxygens (including phenoxy) is 3. The van der Waals surface area contributed by atoms with Crippen LogP contribution >= 0.6 is 0 Å². The number of carbonyl (C=O) groups excluding carboxylic acids is 1. The van der Waals surface area contributed by atoms with Crippen molar-refractivity contribution in [2.75, 3.05) is 26.2 Å². The third-order valence-corrected chi connectivity index (χ3v) is 8.24. The fourth-order valence-corrected chi connectivity index (χ4v) is 5.87. The highest BCUT2D eigenvalue weighted by molar-refractivity contribution is 5.68. The molecule has 2 aliphatic rings.